The van der Waals surface area contributed by atoms with Crippen LogP contribution in [0.1, 0.15) is 23.5 Å². The third-order valence-corrected chi connectivity index (χ3v) is 6.43. The summed E-state index contributed by atoms with van der Waals surface area (Å²) in [7, 11) is 1.55. The predicted octanol–water partition coefficient (Wildman–Crippen LogP) is 3.94. The molecule has 2 aromatic rings. The molecular weight excluding hydrogens is 391 g/mol. The molecule has 0 N–H and O–H groups in total. The number of methoxy groups -OCH3 is 1. The Morgan fingerprint density at radius 3 is 2.72 bits per heavy atom. The number of carbonyl (C=O) groups excluding carboxylic acids is 1. The van der Waals surface area contributed by atoms with Gasteiger partial charge in [0.1, 0.15) is 12.4 Å². The summed E-state index contributed by atoms with van der Waals surface area (Å²) in [5, 5.41) is 0.749. The second-order valence-corrected chi connectivity index (χ2v) is 8.46. The number of benzene rings is 2. The molecule has 4 nitrogen and oxygen atoms in total. The fourth-order valence-corrected chi connectivity index (χ4v) is 5.11. The number of hydrogen-bond acceptors (Lipinski definition) is 3. The van der Waals surface area contributed by atoms with Crippen LogP contribution in [0.3, 0.4) is 0 Å². The number of carbonyl (C=O) groups is 1. The van der Waals surface area contributed by atoms with Crippen molar-refractivity contribution in [1.82, 2.24) is 9.80 Å². The van der Waals surface area contributed by atoms with Crippen LogP contribution in [-0.4, -0.2) is 55.1 Å². The maximum Gasteiger partial charge on any atom is 0.248 e. The topological polar surface area (TPSA) is 32.8 Å². The van der Waals surface area contributed by atoms with Crippen LogP contribution in [0.25, 0.3) is 0 Å². The standard InChI is InChI=1S/C23H26ClFN2O2/c1-29-15-23(28)27-14-20(17-5-7-19(25)8-6-17)21-13-26(10-9-22(21)27)12-16-3-2-4-18(24)11-16/h2-8,11,20-22H,9-10,12-15H2,1H3/t20-,21-,22-/m1/s1. The molecule has 2 fully saturated rings. The number of nitrogens with zero attached hydrogens (tertiary/aromatic N) is 2. The molecule has 2 aliphatic heterocycles. The van der Waals surface area contributed by atoms with Gasteiger partial charge in [-0.25, -0.2) is 4.39 Å². The number of amides is 1. The molecule has 2 aromatic carbocycles. The van der Waals surface area contributed by atoms with Gasteiger partial charge < -0.3 is 9.64 Å². The first-order valence-corrected chi connectivity index (χ1v) is 10.4. The summed E-state index contributed by atoms with van der Waals surface area (Å²) in [6.45, 7) is 3.43. The zero-order valence-electron chi connectivity index (χ0n) is 16.6. The number of likely N-dealkylation sites (tertiary alicyclic amines) is 2. The van der Waals surface area contributed by atoms with E-state index in [9.17, 15) is 9.18 Å². The van der Waals surface area contributed by atoms with Gasteiger partial charge in [-0.05, 0) is 41.8 Å². The SMILES string of the molecule is COCC(=O)N1C[C@H](c2ccc(F)cc2)[C@H]2CN(Cc3cccc(Cl)c3)CC[C@H]21. The summed E-state index contributed by atoms with van der Waals surface area (Å²) in [6.07, 6.45) is 0.929. The van der Waals surface area contributed by atoms with Crippen molar-refractivity contribution in [3.63, 3.8) is 0 Å². The fraction of sp³-hybridized carbons (Fsp3) is 0.435. The first kappa shape index (κ1) is 20.3. The molecule has 6 heteroatoms. The lowest BCUT2D eigenvalue weighted by atomic mass is 9.81. The number of piperidine rings is 1. The minimum Gasteiger partial charge on any atom is -0.375 e. The van der Waals surface area contributed by atoms with Gasteiger partial charge in [0, 0.05) is 56.2 Å². The highest BCUT2D eigenvalue weighted by Crippen LogP contribution is 2.42. The number of rotatable bonds is 5. The van der Waals surface area contributed by atoms with Crippen molar-refractivity contribution in [2.75, 3.05) is 33.4 Å². The Bertz CT molecular complexity index is 860. The van der Waals surface area contributed by atoms with Gasteiger partial charge in [-0.1, -0.05) is 35.9 Å². The minimum absolute atomic E-state index is 0.0374. The van der Waals surface area contributed by atoms with Crippen molar-refractivity contribution in [1.29, 1.82) is 0 Å². The Kier molecular flexibility index (Phi) is 6.18. The summed E-state index contributed by atoms with van der Waals surface area (Å²) >= 11 is 6.15. The molecule has 4 rings (SSSR count). The van der Waals surface area contributed by atoms with Gasteiger partial charge in [0.25, 0.3) is 0 Å². The number of halogens is 2. The molecule has 0 aromatic heterocycles. The van der Waals surface area contributed by atoms with E-state index < -0.39 is 0 Å². The lowest BCUT2D eigenvalue weighted by Gasteiger charge is -2.39. The Balaban J connectivity index is 1.55. The van der Waals surface area contributed by atoms with E-state index in [1.807, 2.05) is 35.2 Å². The maximum absolute atomic E-state index is 13.4. The van der Waals surface area contributed by atoms with Gasteiger partial charge in [0.05, 0.1) is 0 Å². The van der Waals surface area contributed by atoms with Crippen molar-refractivity contribution in [2.45, 2.75) is 24.9 Å². The third kappa shape index (κ3) is 4.47. The van der Waals surface area contributed by atoms with Crippen molar-refractivity contribution in [3.8, 4) is 0 Å². The molecule has 154 valence electrons. The van der Waals surface area contributed by atoms with E-state index in [4.69, 9.17) is 16.3 Å². The Labute approximate surface area is 176 Å². The van der Waals surface area contributed by atoms with Crippen molar-refractivity contribution >= 4 is 17.5 Å². The van der Waals surface area contributed by atoms with Gasteiger partial charge in [-0.15, -0.1) is 0 Å². The van der Waals surface area contributed by atoms with E-state index in [-0.39, 0.29) is 30.3 Å². The lowest BCUT2D eigenvalue weighted by molar-refractivity contribution is -0.137. The van der Waals surface area contributed by atoms with E-state index in [1.165, 1.54) is 17.7 Å². The molecule has 0 radical (unpaired) electrons. The first-order chi connectivity index (χ1) is 14.0. The quantitative estimate of drug-likeness (QED) is 0.740. The summed E-state index contributed by atoms with van der Waals surface area (Å²) in [4.78, 5) is 17.1. The monoisotopic (exact) mass is 416 g/mol. The fourth-order valence-electron chi connectivity index (χ4n) is 4.90. The Hall–Kier alpha value is -1.95. The van der Waals surface area contributed by atoms with Crippen molar-refractivity contribution in [2.24, 2.45) is 5.92 Å². The van der Waals surface area contributed by atoms with E-state index in [0.717, 1.165) is 36.6 Å². The molecule has 0 bridgehead atoms. The normalized spacial score (nSPS) is 24.5. The smallest absolute Gasteiger partial charge is 0.248 e. The molecular formula is C23H26ClFN2O2. The highest BCUT2D eigenvalue weighted by molar-refractivity contribution is 6.30. The van der Waals surface area contributed by atoms with Gasteiger partial charge in [0.2, 0.25) is 5.91 Å². The number of ether oxygens (including phenoxy) is 1. The van der Waals surface area contributed by atoms with Crippen LogP contribution in [0.5, 0.6) is 0 Å². The molecule has 0 saturated carbocycles. The highest BCUT2D eigenvalue weighted by atomic mass is 35.5. The second kappa shape index (κ2) is 8.82. The largest absolute Gasteiger partial charge is 0.375 e. The lowest BCUT2D eigenvalue weighted by Crippen LogP contribution is -2.48. The van der Waals surface area contributed by atoms with E-state index in [1.54, 1.807) is 7.11 Å². The second-order valence-electron chi connectivity index (χ2n) is 8.02. The molecule has 29 heavy (non-hydrogen) atoms. The van der Waals surface area contributed by atoms with Crippen molar-refractivity contribution in [3.05, 3.63) is 70.5 Å². The maximum atomic E-state index is 13.4. The molecule has 0 spiro atoms. The van der Waals surface area contributed by atoms with E-state index in [0.29, 0.717) is 12.5 Å². The Morgan fingerprint density at radius 2 is 2.00 bits per heavy atom. The third-order valence-electron chi connectivity index (χ3n) is 6.20. The van der Waals surface area contributed by atoms with Crippen LogP contribution < -0.4 is 0 Å². The summed E-state index contributed by atoms with van der Waals surface area (Å²) in [5.41, 5.74) is 2.29. The van der Waals surface area contributed by atoms with Crippen LogP contribution >= 0.6 is 11.6 Å². The molecule has 1 amide bonds. The average Bonchev–Trinajstić information content (AvgIpc) is 3.08. The molecule has 3 atom stereocenters. The molecule has 2 aliphatic rings. The summed E-state index contributed by atoms with van der Waals surface area (Å²) < 4.78 is 18.5. The van der Waals surface area contributed by atoms with Crippen LogP contribution in [0.4, 0.5) is 4.39 Å². The Morgan fingerprint density at radius 1 is 1.21 bits per heavy atom. The zero-order chi connectivity index (χ0) is 20.4. The van der Waals surface area contributed by atoms with Crippen molar-refractivity contribution < 1.29 is 13.9 Å². The molecule has 2 saturated heterocycles. The van der Waals surface area contributed by atoms with Gasteiger partial charge in [0.15, 0.2) is 0 Å². The summed E-state index contributed by atoms with van der Waals surface area (Å²) in [6, 6.07) is 14.9. The molecule has 0 aliphatic carbocycles. The first-order valence-electron chi connectivity index (χ1n) is 10.1. The predicted molar refractivity (Wildman–Crippen MR) is 111 cm³/mol. The van der Waals surface area contributed by atoms with E-state index in [2.05, 4.69) is 11.0 Å². The number of fused-ring (bicyclic) bond motifs is 1. The average molecular weight is 417 g/mol. The van der Waals surface area contributed by atoms with E-state index >= 15 is 0 Å². The molecule has 0 unspecified atom stereocenters. The van der Waals surface area contributed by atoms with Crippen LogP contribution in [0.15, 0.2) is 48.5 Å². The number of hydrogen-bond donors (Lipinski definition) is 0. The van der Waals surface area contributed by atoms with Gasteiger partial charge >= 0.3 is 0 Å². The van der Waals surface area contributed by atoms with Gasteiger partial charge in [-0.3, -0.25) is 9.69 Å². The van der Waals surface area contributed by atoms with Crippen LogP contribution in [0.2, 0.25) is 5.02 Å². The molecule has 2 heterocycles. The zero-order valence-corrected chi connectivity index (χ0v) is 17.3. The summed E-state index contributed by atoms with van der Waals surface area (Å²) in [5.74, 6) is 0.315. The highest BCUT2D eigenvalue weighted by Gasteiger charge is 2.46. The van der Waals surface area contributed by atoms with Crippen LogP contribution in [0, 0.1) is 11.7 Å². The van der Waals surface area contributed by atoms with Crippen LogP contribution in [-0.2, 0) is 16.1 Å². The van der Waals surface area contributed by atoms with Gasteiger partial charge in [-0.2, -0.15) is 0 Å². The minimum atomic E-state index is -0.234.